The van der Waals surface area contributed by atoms with Gasteiger partial charge in [0.25, 0.3) is 0 Å². The number of hydrogen-bond acceptors (Lipinski definition) is 2. The van der Waals surface area contributed by atoms with Gasteiger partial charge in [-0.3, -0.25) is 0 Å². The number of ether oxygens (including phenoxy) is 2. The minimum Gasteiger partial charge on any atom is -0.494 e. The van der Waals surface area contributed by atoms with Crippen molar-refractivity contribution < 1.29 is 13.9 Å². The summed E-state index contributed by atoms with van der Waals surface area (Å²) < 4.78 is 25.8. The fraction of sp³-hybridized carbons (Fsp3) is 0.333. The van der Waals surface area contributed by atoms with E-state index in [1.807, 2.05) is 42.5 Å². The molecule has 0 saturated carbocycles. The molecule has 0 aliphatic rings. The molecule has 0 radical (unpaired) electrons. The smallest absolute Gasteiger partial charge is 0.165 e. The van der Waals surface area contributed by atoms with Gasteiger partial charge in [0, 0.05) is 5.41 Å². The van der Waals surface area contributed by atoms with E-state index in [2.05, 4.69) is 50.8 Å². The van der Waals surface area contributed by atoms with E-state index in [-0.39, 0.29) is 17.0 Å². The highest BCUT2D eigenvalue weighted by atomic mass is 19.1. The Labute approximate surface area is 198 Å². The molecule has 33 heavy (non-hydrogen) atoms. The van der Waals surface area contributed by atoms with E-state index in [9.17, 15) is 4.39 Å². The zero-order valence-corrected chi connectivity index (χ0v) is 19.9. The summed E-state index contributed by atoms with van der Waals surface area (Å²) in [6, 6.07) is 22.9. The van der Waals surface area contributed by atoms with Gasteiger partial charge in [-0.25, -0.2) is 4.39 Å². The molecule has 3 aromatic rings. The number of aryl methyl sites for hydroxylation is 1. The van der Waals surface area contributed by atoms with Crippen LogP contribution >= 0.6 is 0 Å². The van der Waals surface area contributed by atoms with Crippen LogP contribution < -0.4 is 9.47 Å². The first-order chi connectivity index (χ1) is 16.1. The first kappa shape index (κ1) is 24.6. The second kappa shape index (κ2) is 12.2. The van der Waals surface area contributed by atoms with E-state index in [1.165, 1.54) is 11.6 Å². The van der Waals surface area contributed by atoms with Crippen LogP contribution in [0.15, 0.2) is 85.5 Å². The van der Waals surface area contributed by atoms with Crippen molar-refractivity contribution in [3.05, 3.63) is 102 Å². The average Bonchev–Trinajstić information content (AvgIpc) is 2.85. The molecule has 0 aliphatic carbocycles. The van der Waals surface area contributed by atoms with Crippen molar-refractivity contribution in [2.24, 2.45) is 0 Å². The topological polar surface area (TPSA) is 18.5 Å². The average molecular weight is 447 g/mol. The quantitative estimate of drug-likeness (QED) is 0.193. The zero-order valence-electron chi connectivity index (χ0n) is 19.9. The largest absolute Gasteiger partial charge is 0.494 e. The van der Waals surface area contributed by atoms with E-state index in [1.54, 1.807) is 0 Å². The van der Waals surface area contributed by atoms with E-state index in [0.717, 1.165) is 56.4 Å². The number of rotatable bonds is 13. The number of halogens is 1. The molecule has 0 heterocycles. The summed E-state index contributed by atoms with van der Waals surface area (Å²) in [4.78, 5) is 0. The van der Waals surface area contributed by atoms with Crippen LogP contribution in [0.25, 0.3) is 0 Å². The fourth-order valence-electron chi connectivity index (χ4n) is 4.11. The first-order valence-electron chi connectivity index (χ1n) is 12.0. The molecular formula is C30H35FO2. The van der Waals surface area contributed by atoms with Crippen LogP contribution in [0.5, 0.6) is 17.2 Å². The van der Waals surface area contributed by atoms with Gasteiger partial charge >= 0.3 is 0 Å². The lowest BCUT2D eigenvalue weighted by atomic mass is 9.74. The molecule has 1 unspecified atom stereocenters. The third-order valence-electron chi connectivity index (χ3n) is 6.27. The predicted octanol–water partition coefficient (Wildman–Crippen LogP) is 8.65. The Morgan fingerprint density at radius 2 is 1.67 bits per heavy atom. The maximum atomic E-state index is 14.3. The van der Waals surface area contributed by atoms with E-state index < -0.39 is 0 Å². The molecule has 174 valence electrons. The van der Waals surface area contributed by atoms with Gasteiger partial charge in [0.15, 0.2) is 11.6 Å². The molecule has 0 bridgehead atoms. The van der Waals surface area contributed by atoms with Crippen molar-refractivity contribution in [3.63, 3.8) is 0 Å². The van der Waals surface area contributed by atoms with Crippen molar-refractivity contribution >= 4 is 0 Å². The maximum Gasteiger partial charge on any atom is 0.165 e. The van der Waals surface area contributed by atoms with E-state index in [0.29, 0.717) is 5.75 Å². The standard InChI is InChI=1S/C30H35FO2/c1-4-7-22-32-26-18-16-25(17-19-26)30(5-2,6-3)21-11-12-24-15-20-28(31)29(23-24)33-27-13-9-8-10-14-27/h5,8-10,13-20,23H,2,4,6-7,11-12,21-22H2,1,3H3. The molecule has 1 atom stereocenters. The number of unbranched alkanes of at least 4 members (excludes halogenated alkanes) is 1. The van der Waals surface area contributed by atoms with Crippen molar-refractivity contribution in [2.75, 3.05) is 6.61 Å². The predicted molar refractivity (Wildman–Crippen MR) is 135 cm³/mol. The lowest BCUT2D eigenvalue weighted by molar-refractivity contribution is 0.309. The number of benzene rings is 3. The van der Waals surface area contributed by atoms with Crippen LogP contribution in [0.2, 0.25) is 0 Å². The fourth-order valence-corrected chi connectivity index (χ4v) is 4.11. The van der Waals surface area contributed by atoms with Crippen LogP contribution in [-0.4, -0.2) is 6.61 Å². The second-order valence-electron chi connectivity index (χ2n) is 8.47. The van der Waals surface area contributed by atoms with Gasteiger partial charge in [0.2, 0.25) is 0 Å². The molecule has 0 N–H and O–H groups in total. The Balaban J connectivity index is 1.64. The van der Waals surface area contributed by atoms with Crippen molar-refractivity contribution in [1.29, 1.82) is 0 Å². The van der Waals surface area contributed by atoms with Gasteiger partial charge in [-0.15, -0.1) is 6.58 Å². The minimum absolute atomic E-state index is 0.0919. The highest BCUT2D eigenvalue weighted by Gasteiger charge is 2.26. The Kier molecular flexibility index (Phi) is 9.12. The lowest BCUT2D eigenvalue weighted by Crippen LogP contribution is -2.22. The van der Waals surface area contributed by atoms with Crippen LogP contribution in [-0.2, 0) is 11.8 Å². The van der Waals surface area contributed by atoms with Gasteiger partial charge in [-0.2, -0.15) is 0 Å². The third kappa shape index (κ3) is 6.71. The van der Waals surface area contributed by atoms with Gasteiger partial charge in [-0.1, -0.05) is 62.7 Å². The summed E-state index contributed by atoms with van der Waals surface area (Å²) in [5, 5.41) is 0. The molecule has 0 aromatic heterocycles. The van der Waals surface area contributed by atoms with Gasteiger partial charge in [0.05, 0.1) is 6.61 Å². The molecule has 3 heteroatoms. The first-order valence-corrected chi connectivity index (χ1v) is 12.0. The van der Waals surface area contributed by atoms with Crippen molar-refractivity contribution in [3.8, 4) is 17.2 Å². The van der Waals surface area contributed by atoms with Crippen LogP contribution in [0.4, 0.5) is 4.39 Å². The Morgan fingerprint density at radius 3 is 2.33 bits per heavy atom. The highest BCUT2D eigenvalue weighted by molar-refractivity contribution is 5.37. The van der Waals surface area contributed by atoms with Crippen molar-refractivity contribution in [2.45, 2.75) is 57.8 Å². The Hall–Kier alpha value is -3.07. The normalized spacial score (nSPS) is 12.7. The highest BCUT2D eigenvalue weighted by Crippen LogP contribution is 2.36. The van der Waals surface area contributed by atoms with Crippen molar-refractivity contribution in [1.82, 2.24) is 0 Å². The zero-order chi connectivity index (χ0) is 23.5. The summed E-state index contributed by atoms with van der Waals surface area (Å²) >= 11 is 0. The minimum atomic E-state index is -0.349. The Morgan fingerprint density at radius 1 is 0.909 bits per heavy atom. The molecule has 3 rings (SSSR count). The van der Waals surface area contributed by atoms with Gasteiger partial charge in [-0.05, 0) is 79.6 Å². The molecule has 0 saturated heterocycles. The summed E-state index contributed by atoms with van der Waals surface area (Å²) in [7, 11) is 0. The monoisotopic (exact) mass is 446 g/mol. The second-order valence-corrected chi connectivity index (χ2v) is 8.47. The van der Waals surface area contributed by atoms with Gasteiger partial charge < -0.3 is 9.47 Å². The van der Waals surface area contributed by atoms with E-state index in [4.69, 9.17) is 9.47 Å². The molecule has 0 spiro atoms. The molecule has 0 aliphatic heterocycles. The Bertz CT molecular complexity index is 998. The lowest BCUT2D eigenvalue weighted by Gasteiger charge is -2.30. The molecule has 2 nitrogen and oxygen atoms in total. The maximum absolute atomic E-state index is 14.3. The van der Waals surface area contributed by atoms with Crippen LogP contribution in [0.1, 0.15) is 57.1 Å². The summed E-state index contributed by atoms with van der Waals surface area (Å²) in [5.41, 5.74) is 2.23. The van der Waals surface area contributed by atoms with Gasteiger partial charge in [0.1, 0.15) is 11.5 Å². The molecule has 0 amide bonds. The SMILES string of the molecule is C=CC(CC)(CCCc1ccc(F)c(Oc2ccccc2)c1)c1ccc(OCCCC)cc1. The summed E-state index contributed by atoms with van der Waals surface area (Å²) in [6.45, 7) is 9.28. The van der Waals surface area contributed by atoms with Crippen LogP contribution in [0, 0.1) is 5.82 Å². The molecular weight excluding hydrogens is 411 g/mol. The summed E-state index contributed by atoms with van der Waals surface area (Å²) in [6.07, 6.45) is 8.02. The summed E-state index contributed by atoms with van der Waals surface area (Å²) in [5.74, 6) is 1.46. The third-order valence-corrected chi connectivity index (χ3v) is 6.27. The number of para-hydroxylation sites is 1. The number of hydrogen-bond donors (Lipinski definition) is 0. The molecule has 3 aromatic carbocycles. The van der Waals surface area contributed by atoms with E-state index >= 15 is 0 Å². The molecule has 0 fully saturated rings. The number of allylic oxidation sites excluding steroid dienone is 1. The van der Waals surface area contributed by atoms with Crippen LogP contribution in [0.3, 0.4) is 0 Å².